The third-order valence-corrected chi connectivity index (χ3v) is 8.74. The van der Waals surface area contributed by atoms with Crippen molar-refractivity contribution in [3.63, 3.8) is 0 Å². The molecule has 0 bridgehead atoms. The van der Waals surface area contributed by atoms with Gasteiger partial charge in [-0.3, -0.25) is 4.79 Å². The van der Waals surface area contributed by atoms with Crippen LogP contribution in [0.3, 0.4) is 0 Å². The van der Waals surface area contributed by atoms with E-state index in [1.165, 1.54) is 9.87 Å². The minimum atomic E-state index is -3.60. The minimum absolute atomic E-state index is 0.116. The van der Waals surface area contributed by atoms with Gasteiger partial charge < -0.3 is 15.0 Å². The monoisotopic (exact) mass is 491 g/mol. The fourth-order valence-corrected chi connectivity index (χ4v) is 6.71. The Kier molecular flexibility index (Phi) is 7.24. The number of nitrogens with zero attached hydrogens (tertiary/aromatic N) is 2. The summed E-state index contributed by atoms with van der Waals surface area (Å²) in [6.07, 6.45) is 5.50. The summed E-state index contributed by atoms with van der Waals surface area (Å²) in [5.41, 5.74) is 1.80. The van der Waals surface area contributed by atoms with E-state index in [-0.39, 0.29) is 24.4 Å². The molecule has 2 fully saturated rings. The van der Waals surface area contributed by atoms with Crippen LogP contribution >= 0.6 is 0 Å². The molecule has 2 amide bonds. The normalized spacial score (nSPS) is 23.9. The van der Waals surface area contributed by atoms with Crippen molar-refractivity contribution in [3.8, 4) is 0 Å². The Labute approximate surface area is 203 Å². The highest BCUT2D eigenvalue weighted by Gasteiger charge is 2.35. The Balaban J connectivity index is 1.36. The lowest BCUT2D eigenvalue weighted by Crippen LogP contribution is -2.53. The lowest BCUT2D eigenvalue weighted by atomic mass is 9.96. The third-order valence-electron chi connectivity index (χ3n) is 6.88. The average molecular weight is 492 g/mol. The zero-order chi connectivity index (χ0) is 24.5. The van der Waals surface area contributed by atoms with E-state index in [0.29, 0.717) is 37.4 Å². The predicted molar refractivity (Wildman–Crippen MR) is 129 cm³/mol. The van der Waals surface area contributed by atoms with Gasteiger partial charge in [0.05, 0.1) is 10.8 Å². The maximum atomic E-state index is 13.3. The molecule has 2 saturated heterocycles. The van der Waals surface area contributed by atoms with Gasteiger partial charge in [-0.25, -0.2) is 13.2 Å². The van der Waals surface area contributed by atoms with Crippen molar-refractivity contribution in [2.75, 3.05) is 26.2 Å². The number of aryl methyl sites for hydroxylation is 2. The van der Waals surface area contributed by atoms with Gasteiger partial charge in [-0.15, -0.1) is 0 Å². The molecule has 4 rings (SSSR count). The molecule has 1 aromatic rings. The third kappa shape index (κ3) is 5.74. The second-order valence-corrected chi connectivity index (χ2v) is 12.7. The maximum absolute atomic E-state index is 13.3. The summed E-state index contributed by atoms with van der Waals surface area (Å²) in [7, 11) is -3.60. The lowest BCUT2D eigenvalue weighted by Gasteiger charge is -2.36. The van der Waals surface area contributed by atoms with E-state index in [2.05, 4.69) is 5.32 Å². The molecular formula is C25H37N3O5S. The van der Waals surface area contributed by atoms with E-state index < -0.39 is 21.7 Å². The standard InChI is InChI=1S/C25H37N3O5S/c1-25(2,3)33-24(30)27-13-5-9-20(16-27)23(29)26-21-10-6-14-28(17-21)34(31,32)22-12-11-18-7-4-8-19(18)15-22/h11-12,15,20-21H,4-10,13-14,16-17H2,1-3H3,(H,26,29)/t20-,21-/m1/s1. The van der Waals surface area contributed by atoms with Crippen LogP contribution < -0.4 is 5.32 Å². The first-order chi connectivity index (χ1) is 16.0. The first-order valence-electron chi connectivity index (χ1n) is 12.4. The molecule has 1 N–H and O–H groups in total. The quantitative estimate of drug-likeness (QED) is 0.698. The number of hydrogen-bond donors (Lipinski definition) is 1. The molecule has 9 heteroatoms. The summed E-state index contributed by atoms with van der Waals surface area (Å²) in [5.74, 6) is -0.431. The van der Waals surface area contributed by atoms with Gasteiger partial charge in [-0.2, -0.15) is 4.31 Å². The lowest BCUT2D eigenvalue weighted by molar-refractivity contribution is -0.127. The summed E-state index contributed by atoms with van der Waals surface area (Å²) in [5, 5.41) is 3.07. The molecule has 2 heterocycles. The predicted octanol–water partition coefficient (Wildman–Crippen LogP) is 3.09. The number of ether oxygens (including phenoxy) is 1. The highest BCUT2D eigenvalue weighted by atomic mass is 32.2. The number of nitrogens with one attached hydrogen (secondary N) is 1. The molecule has 34 heavy (non-hydrogen) atoms. The van der Waals surface area contributed by atoms with Gasteiger partial charge in [-0.1, -0.05) is 6.07 Å². The highest BCUT2D eigenvalue weighted by molar-refractivity contribution is 7.89. The van der Waals surface area contributed by atoms with Gasteiger partial charge in [0.15, 0.2) is 0 Å². The smallest absolute Gasteiger partial charge is 0.410 e. The summed E-state index contributed by atoms with van der Waals surface area (Å²) in [4.78, 5) is 27.4. The number of rotatable bonds is 4. The first-order valence-corrected chi connectivity index (χ1v) is 13.9. The number of hydrogen-bond acceptors (Lipinski definition) is 5. The second kappa shape index (κ2) is 9.85. The van der Waals surface area contributed by atoms with Gasteiger partial charge in [0.25, 0.3) is 0 Å². The van der Waals surface area contributed by atoms with Crippen LogP contribution in [0.4, 0.5) is 4.79 Å². The number of benzene rings is 1. The Morgan fingerprint density at radius 3 is 2.50 bits per heavy atom. The van der Waals surface area contributed by atoms with Crippen LogP contribution in [-0.2, 0) is 32.4 Å². The van der Waals surface area contributed by atoms with Crippen LogP contribution in [0.25, 0.3) is 0 Å². The van der Waals surface area contributed by atoms with E-state index in [1.54, 1.807) is 11.0 Å². The summed E-state index contributed by atoms with van der Waals surface area (Å²) < 4.78 is 33.6. The fourth-order valence-electron chi connectivity index (χ4n) is 5.14. The van der Waals surface area contributed by atoms with Crippen molar-refractivity contribution in [1.82, 2.24) is 14.5 Å². The van der Waals surface area contributed by atoms with Crippen LogP contribution in [0, 0.1) is 5.92 Å². The maximum Gasteiger partial charge on any atom is 0.410 e. The number of sulfonamides is 1. The van der Waals surface area contributed by atoms with Crippen LogP contribution in [0.5, 0.6) is 0 Å². The van der Waals surface area contributed by atoms with E-state index in [9.17, 15) is 18.0 Å². The van der Waals surface area contributed by atoms with Crippen molar-refractivity contribution < 1.29 is 22.7 Å². The minimum Gasteiger partial charge on any atom is -0.444 e. The van der Waals surface area contributed by atoms with Gasteiger partial charge in [0, 0.05) is 32.2 Å². The Morgan fingerprint density at radius 2 is 1.74 bits per heavy atom. The van der Waals surface area contributed by atoms with Gasteiger partial charge in [-0.05, 0) is 89.0 Å². The Hall–Kier alpha value is -2.13. The van der Waals surface area contributed by atoms with Crippen LogP contribution in [-0.4, -0.2) is 67.4 Å². The molecule has 0 radical (unpaired) electrons. The first kappa shape index (κ1) is 25.0. The van der Waals surface area contributed by atoms with E-state index in [4.69, 9.17) is 4.74 Å². The second-order valence-electron chi connectivity index (χ2n) is 10.8. The van der Waals surface area contributed by atoms with Crippen LogP contribution in [0.2, 0.25) is 0 Å². The van der Waals surface area contributed by atoms with Gasteiger partial charge in [0.2, 0.25) is 15.9 Å². The molecule has 188 valence electrons. The summed E-state index contributed by atoms with van der Waals surface area (Å²) >= 11 is 0. The summed E-state index contributed by atoms with van der Waals surface area (Å²) in [6.45, 7) is 7.11. The van der Waals surface area contributed by atoms with Gasteiger partial charge >= 0.3 is 6.09 Å². The molecule has 8 nitrogen and oxygen atoms in total. The number of amides is 2. The van der Waals surface area contributed by atoms with E-state index >= 15 is 0 Å². The molecular weight excluding hydrogens is 454 g/mol. The van der Waals surface area contributed by atoms with Crippen molar-refractivity contribution in [3.05, 3.63) is 29.3 Å². The molecule has 1 aliphatic carbocycles. The number of piperidine rings is 2. The number of carbonyl (C=O) groups excluding carboxylic acids is 2. The Morgan fingerprint density at radius 1 is 1.00 bits per heavy atom. The number of carbonyl (C=O) groups is 2. The largest absolute Gasteiger partial charge is 0.444 e. The SMILES string of the molecule is CC(C)(C)OC(=O)N1CCC[C@@H](C(=O)N[C@@H]2CCCN(S(=O)(=O)c3ccc4c(c3)CCC4)C2)C1. The van der Waals surface area contributed by atoms with Crippen molar-refractivity contribution in [2.24, 2.45) is 5.92 Å². The molecule has 0 spiro atoms. The molecule has 1 aromatic carbocycles. The van der Waals surface area contributed by atoms with Crippen molar-refractivity contribution in [2.45, 2.75) is 82.3 Å². The molecule has 3 aliphatic rings. The molecule has 0 aromatic heterocycles. The van der Waals surface area contributed by atoms with E-state index in [1.807, 2.05) is 32.9 Å². The highest BCUT2D eigenvalue weighted by Crippen LogP contribution is 2.28. The zero-order valence-corrected chi connectivity index (χ0v) is 21.3. The van der Waals surface area contributed by atoms with E-state index in [0.717, 1.165) is 37.7 Å². The van der Waals surface area contributed by atoms with Crippen molar-refractivity contribution in [1.29, 1.82) is 0 Å². The zero-order valence-electron chi connectivity index (χ0n) is 20.5. The molecule has 0 saturated carbocycles. The topological polar surface area (TPSA) is 96.0 Å². The molecule has 2 aliphatic heterocycles. The molecule has 2 atom stereocenters. The molecule has 0 unspecified atom stereocenters. The average Bonchev–Trinajstić information content (AvgIpc) is 3.26. The van der Waals surface area contributed by atoms with Crippen LogP contribution in [0.15, 0.2) is 23.1 Å². The number of likely N-dealkylation sites (tertiary alicyclic amines) is 1. The Bertz CT molecular complexity index is 1030. The van der Waals surface area contributed by atoms with Crippen LogP contribution in [0.1, 0.15) is 64.0 Å². The van der Waals surface area contributed by atoms with Crippen molar-refractivity contribution >= 4 is 22.0 Å². The fraction of sp³-hybridized carbons (Fsp3) is 0.680. The number of fused-ring (bicyclic) bond motifs is 1. The van der Waals surface area contributed by atoms with Gasteiger partial charge in [0.1, 0.15) is 5.60 Å². The summed E-state index contributed by atoms with van der Waals surface area (Å²) in [6, 6.07) is 5.25.